The fourth-order valence-corrected chi connectivity index (χ4v) is 4.39. The van der Waals surface area contributed by atoms with E-state index >= 15 is 0 Å². The summed E-state index contributed by atoms with van der Waals surface area (Å²) in [5.74, 6) is 0.740. The van der Waals surface area contributed by atoms with Crippen molar-refractivity contribution in [3.05, 3.63) is 30.5 Å². The van der Waals surface area contributed by atoms with Crippen molar-refractivity contribution in [2.45, 2.75) is 5.03 Å². The number of para-hydroxylation sites is 1. The first-order valence-electron chi connectivity index (χ1n) is 7.10. The standard InChI is InChI=1S/C14H16N4O3S/c1-16-6-5-13(15-16)22(19,20)18-8-7-17-9-10-21-12-4-2-3-11(18)14(12)17/h2-6H,7-10H2,1H3. The quantitative estimate of drug-likeness (QED) is 0.820. The van der Waals surface area contributed by atoms with E-state index in [1.165, 1.54) is 15.1 Å². The first-order valence-corrected chi connectivity index (χ1v) is 8.54. The van der Waals surface area contributed by atoms with Gasteiger partial charge in [-0.1, -0.05) is 6.07 Å². The molecule has 22 heavy (non-hydrogen) atoms. The predicted molar refractivity (Wildman–Crippen MR) is 81.9 cm³/mol. The first-order chi connectivity index (χ1) is 10.6. The van der Waals surface area contributed by atoms with Crippen LogP contribution in [0.25, 0.3) is 0 Å². The molecule has 0 aliphatic carbocycles. The summed E-state index contributed by atoms with van der Waals surface area (Å²) in [4.78, 5) is 2.18. The Morgan fingerprint density at radius 1 is 1.18 bits per heavy atom. The lowest BCUT2D eigenvalue weighted by atomic mass is 10.1. The summed E-state index contributed by atoms with van der Waals surface area (Å²) in [5, 5.41) is 4.12. The van der Waals surface area contributed by atoms with E-state index in [4.69, 9.17) is 4.74 Å². The highest BCUT2D eigenvalue weighted by molar-refractivity contribution is 7.92. The van der Waals surface area contributed by atoms with E-state index in [1.807, 2.05) is 18.2 Å². The number of aromatic nitrogens is 2. The smallest absolute Gasteiger partial charge is 0.283 e. The molecular weight excluding hydrogens is 304 g/mol. The van der Waals surface area contributed by atoms with Crippen molar-refractivity contribution in [1.29, 1.82) is 0 Å². The maximum atomic E-state index is 12.9. The van der Waals surface area contributed by atoms with Gasteiger partial charge in [-0.05, 0) is 18.2 Å². The van der Waals surface area contributed by atoms with Crippen LogP contribution in [0.5, 0.6) is 5.75 Å². The van der Waals surface area contributed by atoms with Gasteiger partial charge in [0.2, 0.25) is 0 Å². The largest absolute Gasteiger partial charge is 0.489 e. The van der Waals surface area contributed by atoms with Crippen LogP contribution >= 0.6 is 0 Å². The minimum atomic E-state index is -3.66. The maximum Gasteiger partial charge on any atom is 0.283 e. The predicted octanol–water partition coefficient (Wildman–Crippen LogP) is 0.828. The zero-order chi connectivity index (χ0) is 15.3. The Balaban J connectivity index is 1.85. The van der Waals surface area contributed by atoms with Crippen molar-refractivity contribution >= 4 is 21.4 Å². The van der Waals surface area contributed by atoms with Gasteiger partial charge >= 0.3 is 0 Å². The van der Waals surface area contributed by atoms with Gasteiger partial charge in [-0.25, -0.2) is 0 Å². The number of hydrogen-bond acceptors (Lipinski definition) is 5. The molecule has 8 heteroatoms. The van der Waals surface area contributed by atoms with Crippen LogP contribution < -0.4 is 13.9 Å². The maximum absolute atomic E-state index is 12.9. The van der Waals surface area contributed by atoms with Gasteiger partial charge in [-0.3, -0.25) is 8.99 Å². The fraction of sp³-hybridized carbons (Fsp3) is 0.357. The molecule has 0 fully saturated rings. The Morgan fingerprint density at radius 2 is 2.05 bits per heavy atom. The van der Waals surface area contributed by atoms with Crippen molar-refractivity contribution in [3.8, 4) is 5.75 Å². The highest BCUT2D eigenvalue weighted by Crippen LogP contribution is 2.44. The Bertz CT molecular complexity index is 830. The molecule has 0 unspecified atom stereocenters. The number of ether oxygens (including phenoxy) is 1. The molecule has 0 saturated carbocycles. The molecular formula is C14H16N4O3S. The molecule has 0 atom stereocenters. The third-order valence-corrected chi connectivity index (χ3v) is 5.70. The Labute approximate surface area is 128 Å². The minimum absolute atomic E-state index is 0.0674. The number of anilines is 2. The lowest BCUT2D eigenvalue weighted by Gasteiger charge is -2.40. The number of benzene rings is 1. The summed E-state index contributed by atoms with van der Waals surface area (Å²) in [5.41, 5.74) is 1.52. The highest BCUT2D eigenvalue weighted by Gasteiger charge is 2.36. The average Bonchev–Trinajstić information content (AvgIpc) is 2.95. The third-order valence-electron chi connectivity index (χ3n) is 4.00. The summed E-state index contributed by atoms with van der Waals surface area (Å²) in [7, 11) is -1.96. The molecule has 2 aliphatic heterocycles. The molecule has 2 aromatic rings. The Kier molecular flexibility index (Phi) is 2.83. The van der Waals surface area contributed by atoms with Crippen LogP contribution in [-0.4, -0.2) is 44.4 Å². The van der Waals surface area contributed by atoms with Crippen LogP contribution in [0.15, 0.2) is 35.5 Å². The van der Waals surface area contributed by atoms with Gasteiger partial charge in [0.15, 0.2) is 5.03 Å². The monoisotopic (exact) mass is 320 g/mol. The summed E-state index contributed by atoms with van der Waals surface area (Å²) < 4.78 is 34.3. The van der Waals surface area contributed by atoms with Gasteiger partial charge in [-0.15, -0.1) is 0 Å². The molecule has 0 saturated heterocycles. The van der Waals surface area contributed by atoms with Gasteiger partial charge < -0.3 is 9.64 Å². The molecule has 7 nitrogen and oxygen atoms in total. The normalized spacial score (nSPS) is 17.1. The van der Waals surface area contributed by atoms with E-state index in [9.17, 15) is 8.42 Å². The Morgan fingerprint density at radius 3 is 2.82 bits per heavy atom. The van der Waals surface area contributed by atoms with E-state index in [2.05, 4.69) is 10.00 Å². The number of sulfonamides is 1. The summed E-state index contributed by atoms with van der Waals surface area (Å²) >= 11 is 0. The lowest BCUT2D eigenvalue weighted by Crippen LogP contribution is -2.47. The Hall–Kier alpha value is -2.22. The topological polar surface area (TPSA) is 67.7 Å². The lowest BCUT2D eigenvalue weighted by molar-refractivity contribution is 0.307. The van der Waals surface area contributed by atoms with E-state index in [1.54, 1.807) is 13.2 Å². The molecule has 1 aromatic heterocycles. The van der Waals surface area contributed by atoms with Crippen LogP contribution in [0.4, 0.5) is 11.4 Å². The van der Waals surface area contributed by atoms with Crippen LogP contribution in [-0.2, 0) is 17.1 Å². The summed E-state index contributed by atoms with van der Waals surface area (Å²) in [6, 6.07) is 7.04. The van der Waals surface area contributed by atoms with E-state index in [-0.39, 0.29) is 5.03 Å². The van der Waals surface area contributed by atoms with Crippen molar-refractivity contribution < 1.29 is 13.2 Å². The van der Waals surface area contributed by atoms with Crippen molar-refractivity contribution in [2.75, 3.05) is 35.4 Å². The molecule has 1 aromatic carbocycles. The van der Waals surface area contributed by atoms with Crippen LogP contribution in [0.2, 0.25) is 0 Å². The van der Waals surface area contributed by atoms with Gasteiger partial charge in [0.05, 0.1) is 18.8 Å². The molecule has 3 heterocycles. The SMILES string of the molecule is Cn1ccc(S(=O)(=O)N2CCN3CCOc4cccc2c43)n1. The molecule has 0 amide bonds. The van der Waals surface area contributed by atoms with E-state index in [0.29, 0.717) is 25.4 Å². The molecule has 0 spiro atoms. The molecule has 0 bridgehead atoms. The van der Waals surface area contributed by atoms with Crippen LogP contribution in [0.3, 0.4) is 0 Å². The zero-order valence-electron chi connectivity index (χ0n) is 12.1. The highest BCUT2D eigenvalue weighted by atomic mass is 32.2. The number of nitrogens with zero attached hydrogens (tertiary/aromatic N) is 4. The fourth-order valence-electron chi connectivity index (χ4n) is 2.97. The van der Waals surface area contributed by atoms with E-state index in [0.717, 1.165) is 18.0 Å². The van der Waals surface area contributed by atoms with Gasteiger partial charge in [0.25, 0.3) is 10.0 Å². The minimum Gasteiger partial charge on any atom is -0.489 e. The van der Waals surface area contributed by atoms with Crippen molar-refractivity contribution in [2.24, 2.45) is 7.05 Å². The van der Waals surface area contributed by atoms with Gasteiger partial charge in [0, 0.05) is 19.8 Å². The van der Waals surface area contributed by atoms with Gasteiger partial charge in [-0.2, -0.15) is 13.5 Å². The molecule has 116 valence electrons. The van der Waals surface area contributed by atoms with Gasteiger partial charge in [0.1, 0.15) is 18.0 Å². The molecule has 0 N–H and O–H groups in total. The molecule has 2 aliphatic rings. The second-order valence-electron chi connectivity index (χ2n) is 5.36. The molecule has 0 radical (unpaired) electrons. The number of hydrogen-bond donors (Lipinski definition) is 0. The van der Waals surface area contributed by atoms with Crippen molar-refractivity contribution in [3.63, 3.8) is 0 Å². The second-order valence-corrected chi connectivity index (χ2v) is 7.17. The summed E-state index contributed by atoms with van der Waals surface area (Å²) in [6.07, 6.45) is 1.63. The van der Waals surface area contributed by atoms with Crippen molar-refractivity contribution in [1.82, 2.24) is 9.78 Å². The van der Waals surface area contributed by atoms with E-state index < -0.39 is 10.0 Å². The zero-order valence-corrected chi connectivity index (χ0v) is 13.0. The molecule has 4 rings (SSSR count). The number of aryl methyl sites for hydroxylation is 1. The van der Waals surface area contributed by atoms with Crippen LogP contribution in [0.1, 0.15) is 0 Å². The second kappa shape index (κ2) is 4.64. The average molecular weight is 320 g/mol. The number of rotatable bonds is 2. The first kappa shape index (κ1) is 13.4. The van der Waals surface area contributed by atoms with Crippen LogP contribution in [0, 0.1) is 0 Å². The third kappa shape index (κ3) is 1.87. The summed E-state index contributed by atoms with van der Waals surface area (Å²) in [6.45, 7) is 2.47.